The van der Waals surface area contributed by atoms with Crippen LogP contribution in [0.2, 0.25) is 0 Å². The highest BCUT2D eigenvalue weighted by Gasteiger charge is 2.48. The second kappa shape index (κ2) is 5.61. The van der Waals surface area contributed by atoms with Crippen LogP contribution in [0.25, 0.3) is 0 Å². The van der Waals surface area contributed by atoms with Gasteiger partial charge in [0.2, 0.25) is 0 Å². The smallest absolute Gasteiger partial charge is 0.0132 e. The molecular weight excluding hydrogens is 244 g/mol. The molecule has 2 saturated heterocycles. The van der Waals surface area contributed by atoms with E-state index in [1.165, 1.54) is 45.1 Å². The van der Waals surface area contributed by atoms with Crippen molar-refractivity contribution in [2.24, 2.45) is 11.8 Å². The average molecular weight is 276 g/mol. The first-order valence-corrected chi connectivity index (χ1v) is 9.36. The predicted molar refractivity (Wildman–Crippen MR) is 83.8 cm³/mol. The van der Waals surface area contributed by atoms with Crippen LogP contribution in [0.15, 0.2) is 0 Å². The first-order valence-electron chi connectivity index (χ1n) is 9.36. The Bertz CT molecular complexity index is 328. The van der Waals surface area contributed by atoms with Gasteiger partial charge in [-0.05, 0) is 69.7 Å². The molecule has 1 N–H and O–H groups in total. The minimum Gasteiger partial charge on any atom is -0.314 e. The number of piperidine rings is 2. The number of fused-ring (bicyclic) bond motifs is 4. The summed E-state index contributed by atoms with van der Waals surface area (Å²) in [5.41, 5.74) is 0. The van der Waals surface area contributed by atoms with E-state index >= 15 is 0 Å². The third kappa shape index (κ3) is 2.33. The molecule has 2 heteroatoms. The monoisotopic (exact) mass is 276 g/mol. The molecule has 2 saturated carbocycles. The lowest BCUT2D eigenvalue weighted by molar-refractivity contribution is -0.0280. The number of nitrogens with one attached hydrogen (secondary N) is 1. The standard InChI is InChI=1S/C18H32N2/c1-2-8-19-15-11-16-4-3-5-17(12-15)20(16)18-10-13-6-7-14(18)9-13/h13-19H,2-12H2,1H3. The zero-order valence-corrected chi connectivity index (χ0v) is 13.2. The van der Waals surface area contributed by atoms with Crippen LogP contribution in [0.4, 0.5) is 0 Å². The van der Waals surface area contributed by atoms with Gasteiger partial charge in [0.15, 0.2) is 0 Å². The molecule has 2 aliphatic heterocycles. The van der Waals surface area contributed by atoms with Crippen molar-refractivity contribution in [3.63, 3.8) is 0 Å². The summed E-state index contributed by atoms with van der Waals surface area (Å²) in [4.78, 5) is 3.05. The molecule has 2 nitrogen and oxygen atoms in total. The van der Waals surface area contributed by atoms with E-state index in [0.29, 0.717) is 0 Å². The second-order valence-electron chi connectivity index (χ2n) is 8.05. The molecule has 0 aromatic rings. The summed E-state index contributed by atoms with van der Waals surface area (Å²) in [6.45, 7) is 3.51. The van der Waals surface area contributed by atoms with Crippen molar-refractivity contribution in [2.75, 3.05) is 6.54 Å². The van der Waals surface area contributed by atoms with Gasteiger partial charge >= 0.3 is 0 Å². The molecule has 0 spiro atoms. The Morgan fingerprint density at radius 1 is 0.950 bits per heavy atom. The summed E-state index contributed by atoms with van der Waals surface area (Å²) < 4.78 is 0. The Morgan fingerprint density at radius 2 is 1.75 bits per heavy atom. The van der Waals surface area contributed by atoms with Crippen molar-refractivity contribution >= 4 is 0 Å². The Balaban J connectivity index is 1.45. The Hall–Kier alpha value is -0.0800. The topological polar surface area (TPSA) is 15.3 Å². The normalized spacial score (nSPS) is 47.9. The van der Waals surface area contributed by atoms with Gasteiger partial charge in [-0.15, -0.1) is 0 Å². The minimum absolute atomic E-state index is 0.820. The van der Waals surface area contributed by atoms with E-state index in [1.807, 2.05) is 0 Å². The van der Waals surface area contributed by atoms with Crippen LogP contribution in [0.1, 0.15) is 71.1 Å². The first kappa shape index (κ1) is 13.6. The van der Waals surface area contributed by atoms with Gasteiger partial charge in [0.1, 0.15) is 0 Å². The van der Waals surface area contributed by atoms with Crippen molar-refractivity contribution in [1.29, 1.82) is 0 Å². The summed E-state index contributed by atoms with van der Waals surface area (Å²) in [5.74, 6) is 2.17. The van der Waals surface area contributed by atoms with Crippen molar-refractivity contribution in [3.8, 4) is 0 Å². The lowest BCUT2D eigenvalue weighted by atomic mass is 9.78. The van der Waals surface area contributed by atoms with Crippen molar-refractivity contribution in [3.05, 3.63) is 0 Å². The van der Waals surface area contributed by atoms with Crippen LogP contribution in [0, 0.1) is 11.8 Å². The number of nitrogens with zero attached hydrogens (tertiary/aromatic N) is 1. The van der Waals surface area contributed by atoms with Crippen LogP contribution in [0.5, 0.6) is 0 Å². The molecular formula is C18H32N2. The van der Waals surface area contributed by atoms with Crippen molar-refractivity contribution in [2.45, 2.75) is 95.3 Å². The van der Waals surface area contributed by atoms with Gasteiger partial charge in [0.25, 0.3) is 0 Å². The van der Waals surface area contributed by atoms with Crippen molar-refractivity contribution in [1.82, 2.24) is 10.2 Å². The maximum absolute atomic E-state index is 3.82. The van der Waals surface area contributed by atoms with E-state index in [0.717, 1.165) is 36.0 Å². The van der Waals surface area contributed by atoms with E-state index in [1.54, 1.807) is 25.7 Å². The summed E-state index contributed by atoms with van der Waals surface area (Å²) in [5, 5.41) is 3.82. The van der Waals surface area contributed by atoms with E-state index in [-0.39, 0.29) is 0 Å². The highest BCUT2D eigenvalue weighted by atomic mass is 15.3. The fraction of sp³-hybridized carbons (Fsp3) is 1.00. The van der Waals surface area contributed by atoms with Gasteiger partial charge in [-0.1, -0.05) is 19.8 Å². The molecule has 4 aliphatic rings. The van der Waals surface area contributed by atoms with Crippen LogP contribution < -0.4 is 5.32 Å². The summed E-state index contributed by atoms with van der Waals surface area (Å²) in [6.07, 6.45) is 14.8. The number of hydrogen-bond donors (Lipinski definition) is 1. The highest BCUT2D eigenvalue weighted by Crippen LogP contribution is 2.50. The highest BCUT2D eigenvalue weighted by molar-refractivity contribution is 5.03. The van der Waals surface area contributed by atoms with Crippen molar-refractivity contribution < 1.29 is 0 Å². The van der Waals surface area contributed by atoms with Gasteiger partial charge in [-0.25, -0.2) is 0 Å². The summed E-state index contributed by atoms with van der Waals surface area (Å²) in [6, 6.07) is 3.64. The average Bonchev–Trinajstić information content (AvgIpc) is 3.06. The van der Waals surface area contributed by atoms with Crippen LogP contribution in [-0.2, 0) is 0 Å². The number of hydrogen-bond acceptors (Lipinski definition) is 2. The first-order chi connectivity index (χ1) is 9.85. The van der Waals surface area contributed by atoms with Gasteiger partial charge in [-0.3, -0.25) is 4.90 Å². The zero-order valence-electron chi connectivity index (χ0n) is 13.2. The molecule has 0 aromatic carbocycles. The Labute approximate surface area is 124 Å². The molecule has 4 rings (SSSR count). The molecule has 0 amide bonds. The van der Waals surface area contributed by atoms with E-state index in [9.17, 15) is 0 Å². The molecule has 5 unspecified atom stereocenters. The quantitative estimate of drug-likeness (QED) is 0.844. The van der Waals surface area contributed by atoms with Gasteiger partial charge in [0, 0.05) is 24.2 Å². The van der Waals surface area contributed by atoms with E-state index in [4.69, 9.17) is 0 Å². The second-order valence-corrected chi connectivity index (χ2v) is 8.05. The predicted octanol–water partition coefficient (Wildman–Crippen LogP) is 3.56. The molecule has 2 heterocycles. The molecule has 20 heavy (non-hydrogen) atoms. The molecule has 0 aromatic heterocycles. The van der Waals surface area contributed by atoms with Crippen LogP contribution in [0.3, 0.4) is 0 Å². The molecule has 0 radical (unpaired) electrons. The molecule has 4 bridgehead atoms. The fourth-order valence-corrected chi connectivity index (χ4v) is 6.05. The summed E-state index contributed by atoms with van der Waals surface area (Å²) >= 11 is 0. The molecule has 5 atom stereocenters. The maximum atomic E-state index is 3.82. The Kier molecular flexibility index (Phi) is 3.80. The summed E-state index contributed by atoms with van der Waals surface area (Å²) in [7, 11) is 0. The largest absolute Gasteiger partial charge is 0.314 e. The third-order valence-corrected chi connectivity index (χ3v) is 6.80. The lowest BCUT2D eigenvalue weighted by Crippen LogP contribution is -2.60. The fourth-order valence-electron chi connectivity index (χ4n) is 6.05. The molecule has 2 aliphatic carbocycles. The van der Waals surface area contributed by atoms with E-state index in [2.05, 4.69) is 17.1 Å². The molecule has 4 fully saturated rings. The van der Waals surface area contributed by atoms with Gasteiger partial charge in [0.05, 0.1) is 0 Å². The zero-order chi connectivity index (χ0) is 13.5. The lowest BCUT2D eigenvalue weighted by Gasteiger charge is -2.53. The maximum Gasteiger partial charge on any atom is 0.0132 e. The third-order valence-electron chi connectivity index (χ3n) is 6.80. The molecule has 114 valence electrons. The van der Waals surface area contributed by atoms with E-state index < -0.39 is 0 Å². The van der Waals surface area contributed by atoms with Crippen LogP contribution in [-0.4, -0.2) is 35.6 Å². The minimum atomic E-state index is 0.820. The SMILES string of the molecule is CCCNC1CC2CCCC(C1)N2C1CC2CCC1C2. The Morgan fingerprint density at radius 3 is 2.35 bits per heavy atom. The number of rotatable bonds is 4. The van der Waals surface area contributed by atoms with Crippen LogP contribution >= 0.6 is 0 Å². The van der Waals surface area contributed by atoms with Gasteiger partial charge < -0.3 is 5.32 Å². The van der Waals surface area contributed by atoms with Gasteiger partial charge in [-0.2, -0.15) is 0 Å².